The summed E-state index contributed by atoms with van der Waals surface area (Å²) in [6.07, 6.45) is -0.571. The summed E-state index contributed by atoms with van der Waals surface area (Å²) in [6.45, 7) is 3.53. The van der Waals surface area contributed by atoms with Crippen molar-refractivity contribution in [1.29, 1.82) is 0 Å². The molecular formula is C15H18N2O4. The Labute approximate surface area is 122 Å². The minimum atomic E-state index is -0.890. The Bertz CT molecular complexity index is 569. The van der Waals surface area contributed by atoms with Gasteiger partial charge in [-0.1, -0.05) is 18.2 Å². The molecule has 2 rings (SSSR count). The van der Waals surface area contributed by atoms with Gasteiger partial charge in [0, 0.05) is 12.5 Å². The van der Waals surface area contributed by atoms with Gasteiger partial charge in [0.2, 0.25) is 5.91 Å². The Hall–Kier alpha value is -2.37. The number of hydrogen-bond acceptors (Lipinski definition) is 4. The van der Waals surface area contributed by atoms with Crippen LogP contribution in [-0.4, -0.2) is 36.5 Å². The predicted molar refractivity (Wildman–Crippen MR) is 75.6 cm³/mol. The van der Waals surface area contributed by atoms with Crippen LogP contribution in [0.25, 0.3) is 0 Å². The SMILES string of the molecule is CC(C)NC(=O)CNC(=O)C1Cc2ccccc2C(=O)O1. The molecule has 1 atom stereocenters. The number of ether oxygens (including phenoxy) is 1. The molecule has 0 aliphatic carbocycles. The summed E-state index contributed by atoms with van der Waals surface area (Å²) in [5, 5.41) is 5.14. The summed E-state index contributed by atoms with van der Waals surface area (Å²) in [6, 6.07) is 7.02. The highest BCUT2D eigenvalue weighted by atomic mass is 16.5. The number of amides is 2. The monoisotopic (exact) mass is 290 g/mol. The maximum atomic E-state index is 12.0. The van der Waals surface area contributed by atoms with Gasteiger partial charge in [0.1, 0.15) is 0 Å². The summed E-state index contributed by atoms with van der Waals surface area (Å²) in [7, 11) is 0. The van der Waals surface area contributed by atoms with E-state index in [1.807, 2.05) is 19.9 Å². The number of rotatable bonds is 4. The number of cyclic esters (lactones) is 1. The average Bonchev–Trinajstić information content (AvgIpc) is 2.44. The Kier molecular flexibility index (Phi) is 4.57. The van der Waals surface area contributed by atoms with Crippen LogP contribution in [0.4, 0.5) is 0 Å². The Balaban J connectivity index is 1.93. The molecule has 1 aromatic carbocycles. The van der Waals surface area contributed by atoms with E-state index in [1.54, 1.807) is 18.2 Å². The predicted octanol–water partition coefficient (Wildman–Crippen LogP) is 0.409. The number of benzene rings is 1. The standard InChI is InChI=1S/C15H18N2O4/c1-9(2)17-13(18)8-16-14(19)12-7-10-5-3-4-6-11(10)15(20)21-12/h3-6,9,12H,7-8H2,1-2H3,(H,16,19)(H,17,18). The van der Waals surface area contributed by atoms with E-state index in [-0.39, 0.29) is 18.5 Å². The molecule has 6 heteroatoms. The van der Waals surface area contributed by atoms with E-state index in [4.69, 9.17) is 4.74 Å². The Morgan fingerprint density at radius 3 is 2.76 bits per heavy atom. The van der Waals surface area contributed by atoms with Crippen molar-refractivity contribution in [2.75, 3.05) is 6.54 Å². The van der Waals surface area contributed by atoms with Gasteiger partial charge < -0.3 is 15.4 Å². The number of fused-ring (bicyclic) bond motifs is 1. The van der Waals surface area contributed by atoms with Gasteiger partial charge in [-0.2, -0.15) is 0 Å². The number of hydrogen-bond donors (Lipinski definition) is 2. The third-order valence-electron chi connectivity index (χ3n) is 3.06. The molecule has 0 bridgehead atoms. The van der Waals surface area contributed by atoms with Crippen molar-refractivity contribution in [3.05, 3.63) is 35.4 Å². The molecule has 1 heterocycles. The lowest BCUT2D eigenvalue weighted by atomic mass is 9.98. The molecule has 2 amide bonds. The van der Waals surface area contributed by atoms with Crippen LogP contribution in [0.1, 0.15) is 29.8 Å². The number of nitrogens with one attached hydrogen (secondary N) is 2. The Morgan fingerprint density at radius 2 is 2.05 bits per heavy atom. The van der Waals surface area contributed by atoms with E-state index in [0.717, 1.165) is 5.56 Å². The van der Waals surface area contributed by atoms with Gasteiger partial charge in [0.15, 0.2) is 6.10 Å². The van der Waals surface area contributed by atoms with Crippen molar-refractivity contribution >= 4 is 17.8 Å². The van der Waals surface area contributed by atoms with Gasteiger partial charge in [0.05, 0.1) is 12.1 Å². The molecule has 0 radical (unpaired) electrons. The minimum absolute atomic E-state index is 0.00814. The Morgan fingerprint density at radius 1 is 1.33 bits per heavy atom. The molecule has 6 nitrogen and oxygen atoms in total. The van der Waals surface area contributed by atoms with Crippen molar-refractivity contribution in [2.24, 2.45) is 0 Å². The van der Waals surface area contributed by atoms with Crippen LogP contribution in [0.3, 0.4) is 0 Å². The number of esters is 1. The first-order valence-corrected chi connectivity index (χ1v) is 6.83. The first-order valence-electron chi connectivity index (χ1n) is 6.83. The summed E-state index contributed by atoms with van der Waals surface area (Å²) in [4.78, 5) is 35.2. The molecule has 1 unspecified atom stereocenters. The summed E-state index contributed by atoms with van der Waals surface area (Å²) in [5.74, 6) is -1.25. The largest absolute Gasteiger partial charge is 0.448 e. The van der Waals surface area contributed by atoms with Crippen LogP contribution in [0.2, 0.25) is 0 Å². The molecule has 0 saturated carbocycles. The quantitative estimate of drug-likeness (QED) is 0.787. The zero-order valence-corrected chi connectivity index (χ0v) is 12.0. The van der Waals surface area contributed by atoms with Gasteiger partial charge in [-0.15, -0.1) is 0 Å². The van der Waals surface area contributed by atoms with Crippen LogP contribution in [0, 0.1) is 0 Å². The number of carbonyl (C=O) groups is 3. The lowest BCUT2D eigenvalue weighted by Gasteiger charge is -2.23. The highest BCUT2D eigenvalue weighted by Crippen LogP contribution is 2.20. The van der Waals surface area contributed by atoms with Crippen LogP contribution in [-0.2, 0) is 20.7 Å². The van der Waals surface area contributed by atoms with Gasteiger partial charge in [-0.25, -0.2) is 4.79 Å². The van der Waals surface area contributed by atoms with Crippen molar-refractivity contribution < 1.29 is 19.1 Å². The molecule has 2 N–H and O–H groups in total. The van der Waals surface area contributed by atoms with Crippen molar-refractivity contribution in [3.63, 3.8) is 0 Å². The maximum absolute atomic E-state index is 12.0. The second kappa shape index (κ2) is 6.39. The van der Waals surface area contributed by atoms with Crippen molar-refractivity contribution in [3.8, 4) is 0 Å². The molecule has 1 aliphatic heterocycles. The fraction of sp³-hybridized carbons (Fsp3) is 0.400. The summed E-state index contributed by atoms with van der Waals surface area (Å²) in [5.41, 5.74) is 1.26. The van der Waals surface area contributed by atoms with Crippen molar-refractivity contribution in [2.45, 2.75) is 32.4 Å². The van der Waals surface area contributed by atoms with Gasteiger partial charge >= 0.3 is 5.97 Å². The van der Waals surface area contributed by atoms with Gasteiger partial charge in [0.25, 0.3) is 5.91 Å². The molecular weight excluding hydrogens is 272 g/mol. The molecule has 112 valence electrons. The first kappa shape index (κ1) is 15.0. The second-order valence-electron chi connectivity index (χ2n) is 5.20. The number of carbonyl (C=O) groups excluding carboxylic acids is 3. The second-order valence-corrected chi connectivity index (χ2v) is 5.20. The van der Waals surface area contributed by atoms with E-state index >= 15 is 0 Å². The summed E-state index contributed by atoms with van der Waals surface area (Å²) < 4.78 is 5.11. The summed E-state index contributed by atoms with van der Waals surface area (Å²) >= 11 is 0. The third-order valence-corrected chi connectivity index (χ3v) is 3.06. The molecule has 21 heavy (non-hydrogen) atoms. The minimum Gasteiger partial charge on any atom is -0.448 e. The van der Waals surface area contributed by atoms with Crippen molar-refractivity contribution in [1.82, 2.24) is 10.6 Å². The molecule has 1 aliphatic rings. The lowest BCUT2D eigenvalue weighted by molar-refractivity contribution is -0.132. The van der Waals surface area contributed by atoms with Gasteiger partial charge in [-0.3, -0.25) is 9.59 Å². The normalized spacial score (nSPS) is 16.9. The fourth-order valence-electron chi connectivity index (χ4n) is 2.13. The highest BCUT2D eigenvalue weighted by molar-refractivity contribution is 5.96. The first-order chi connectivity index (χ1) is 9.97. The maximum Gasteiger partial charge on any atom is 0.339 e. The fourth-order valence-corrected chi connectivity index (χ4v) is 2.13. The van der Waals surface area contributed by atoms with Crippen LogP contribution < -0.4 is 10.6 Å². The van der Waals surface area contributed by atoms with E-state index in [1.165, 1.54) is 0 Å². The zero-order valence-electron chi connectivity index (χ0n) is 12.0. The highest BCUT2D eigenvalue weighted by Gasteiger charge is 2.31. The average molecular weight is 290 g/mol. The molecule has 1 aromatic rings. The van der Waals surface area contributed by atoms with E-state index in [0.29, 0.717) is 12.0 Å². The van der Waals surface area contributed by atoms with Crippen LogP contribution in [0.15, 0.2) is 24.3 Å². The van der Waals surface area contributed by atoms with E-state index in [2.05, 4.69) is 10.6 Å². The molecule has 0 spiro atoms. The van der Waals surface area contributed by atoms with E-state index in [9.17, 15) is 14.4 Å². The lowest BCUT2D eigenvalue weighted by Crippen LogP contribution is -2.46. The topological polar surface area (TPSA) is 84.5 Å². The zero-order chi connectivity index (χ0) is 15.4. The molecule has 0 aromatic heterocycles. The molecule has 0 saturated heterocycles. The van der Waals surface area contributed by atoms with Crippen LogP contribution >= 0.6 is 0 Å². The van der Waals surface area contributed by atoms with Crippen LogP contribution in [0.5, 0.6) is 0 Å². The molecule has 0 fully saturated rings. The smallest absolute Gasteiger partial charge is 0.339 e. The third kappa shape index (κ3) is 3.81. The van der Waals surface area contributed by atoms with Gasteiger partial charge in [-0.05, 0) is 25.5 Å². The van der Waals surface area contributed by atoms with E-state index < -0.39 is 18.0 Å².